The minimum absolute atomic E-state index is 0.687. The van der Waals surface area contributed by atoms with Crippen LogP contribution in [0.3, 0.4) is 0 Å². The number of rotatable bonds is 10. The van der Waals surface area contributed by atoms with E-state index in [9.17, 15) is 0 Å². The quantitative estimate of drug-likeness (QED) is 0.549. The van der Waals surface area contributed by atoms with Crippen molar-refractivity contribution >= 4 is 0 Å². The average Bonchev–Trinajstić information content (AvgIpc) is 2.83. The Morgan fingerprint density at radius 2 is 1.09 bits per heavy atom. The smallest absolute Gasteiger partial charge is 0.122 e. The molecular formula is C27H38N2O4. The summed E-state index contributed by atoms with van der Waals surface area (Å²) in [6.45, 7) is 14.7. The maximum Gasteiger partial charge on any atom is 0.122 e. The highest BCUT2D eigenvalue weighted by Crippen LogP contribution is 2.28. The van der Waals surface area contributed by atoms with Crippen LogP contribution in [0.15, 0.2) is 36.4 Å². The number of nitrogens with zero attached hydrogens (tertiary/aromatic N) is 2. The van der Waals surface area contributed by atoms with E-state index < -0.39 is 0 Å². The van der Waals surface area contributed by atoms with Crippen molar-refractivity contribution in [3.63, 3.8) is 0 Å². The van der Waals surface area contributed by atoms with E-state index >= 15 is 0 Å². The molecule has 2 heterocycles. The molecule has 6 nitrogen and oxygen atoms in total. The monoisotopic (exact) mass is 454 g/mol. The number of hydrogen-bond acceptors (Lipinski definition) is 6. The van der Waals surface area contributed by atoms with Crippen molar-refractivity contribution in [2.24, 2.45) is 0 Å². The molecule has 2 fully saturated rings. The molecule has 0 unspecified atom stereocenters. The average molecular weight is 455 g/mol. The molecule has 0 aliphatic carbocycles. The van der Waals surface area contributed by atoms with Gasteiger partial charge in [-0.2, -0.15) is 0 Å². The third kappa shape index (κ3) is 7.44. The first-order valence-electron chi connectivity index (χ1n) is 12.2. The van der Waals surface area contributed by atoms with Gasteiger partial charge < -0.3 is 18.9 Å². The van der Waals surface area contributed by atoms with E-state index in [-0.39, 0.29) is 0 Å². The number of morpholine rings is 2. The molecule has 0 atom stereocenters. The first-order valence-corrected chi connectivity index (χ1v) is 12.2. The van der Waals surface area contributed by atoms with Crippen molar-refractivity contribution in [2.45, 2.75) is 20.3 Å². The fraction of sp³-hybridized carbons (Fsp3) is 0.556. The van der Waals surface area contributed by atoms with Crippen molar-refractivity contribution in [3.8, 4) is 11.5 Å². The van der Waals surface area contributed by atoms with Gasteiger partial charge in [0, 0.05) is 45.7 Å². The molecular weight excluding hydrogens is 416 g/mol. The SMILES string of the molecule is Cc1ccc(OCCN2CCOCC2)c(Cc2cc(C)ccc2OCCN2CCOCC2)c1. The van der Waals surface area contributed by atoms with E-state index in [0.29, 0.717) is 13.2 Å². The molecule has 2 aromatic carbocycles. The van der Waals surface area contributed by atoms with Gasteiger partial charge in [0.2, 0.25) is 0 Å². The van der Waals surface area contributed by atoms with Crippen molar-refractivity contribution in [1.29, 1.82) is 0 Å². The highest BCUT2D eigenvalue weighted by Gasteiger charge is 2.14. The van der Waals surface area contributed by atoms with Gasteiger partial charge in [-0.1, -0.05) is 35.4 Å². The van der Waals surface area contributed by atoms with Gasteiger partial charge in [0.1, 0.15) is 24.7 Å². The van der Waals surface area contributed by atoms with Gasteiger partial charge in [-0.15, -0.1) is 0 Å². The number of aryl methyl sites for hydroxylation is 2. The van der Waals surface area contributed by atoms with E-state index in [0.717, 1.165) is 83.6 Å². The minimum Gasteiger partial charge on any atom is -0.492 e. The number of benzene rings is 2. The van der Waals surface area contributed by atoms with E-state index in [2.05, 4.69) is 60.0 Å². The van der Waals surface area contributed by atoms with Crippen LogP contribution in [0.4, 0.5) is 0 Å². The Morgan fingerprint density at radius 1 is 0.667 bits per heavy atom. The summed E-state index contributed by atoms with van der Waals surface area (Å²) < 4.78 is 23.4. The van der Waals surface area contributed by atoms with Gasteiger partial charge in [0.05, 0.1) is 26.4 Å². The molecule has 2 aliphatic heterocycles. The van der Waals surface area contributed by atoms with Gasteiger partial charge in [-0.05, 0) is 37.1 Å². The first-order chi connectivity index (χ1) is 16.2. The Morgan fingerprint density at radius 3 is 1.52 bits per heavy atom. The lowest BCUT2D eigenvalue weighted by Gasteiger charge is -2.26. The van der Waals surface area contributed by atoms with Crippen LogP contribution >= 0.6 is 0 Å². The van der Waals surface area contributed by atoms with E-state index in [1.165, 1.54) is 22.3 Å². The van der Waals surface area contributed by atoms with E-state index in [1.807, 2.05) is 0 Å². The molecule has 0 saturated carbocycles. The van der Waals surface area contributed by atoms with Crippen LogP contribution in [0, 0.1) is 13.8 Å². The van der Waals surface area contributed by atoms with E-state index in [1.54, 1.807) is 0 Å². The molecule has 2 saturated heterocycles. The summed E-state index contributed by atoms with van der Waals surface area (Å²) in [4.78, 5) is 4.80. The first kappa shape index (κ1) is 24.0. The Kier molecular flexibility index (Phi) is 9.01. The third-order valence-corrected chi connectivity index (χ3v) is 6.35. The predicted molar refractivity (Wildman–Crippen MR) is 131 cm³/mol. The van der Waals surface area contributed by atoms with Crippen LogP contribution in [-0.4, -0.2) is 88.7 Å². The van der Waals surface area contributed by atoms with E-state index in [4.69, 9.17) is 18.9 Å². The highest BCUT2D eigenvalue weighted by molar-refractivity contribution is 5.45. The summed E-state index contributed by atoms with van der Waals surface area (Å²) in [5.74, 6) is 1.93. The maximum atomic E-state index is 6.26. The standard InChI is InChI=1S/C27H38N2O4/c1-22-3-5-26(32-17-11-28-7-13-30-14-8-28)24(19-22)21-25-20-23(2)4-6-27(25)33-18-12-29-9-15-31-16-10-29/h3-6,19-20H,7-18,21H2,1-2H3. The number of hydrogen-bond donors (Lipinski definition) is 0. The van der Waals surface area contributed by atoms with Crippen LogP contribution in [0.1, 0.15) is 22.3 Å². The van der Waals surface area contributed by atoms with Crippen molar-refractivity contribution < 1.29 is 18.9 Å². The normalized spacial score (nSPS) is 17.8. The molecule has 33 heavy (non-hydrogen) atoms. The molecule has 0 N–H and O–H groups in total. The Bertz CT molecular complexity index is 805. The van der Waals surface area contributed by atoms with Crippen LogP contribution in [0.2, 0.25) is 0 Å². The Hall–Kier alpha value is -2.12. The minimum atomic E-state index is 0.687. The molecule has 0 radical (unpaired) electrons. The summed E-state index contributed by atoms with van der Waals surface area (Å²) in [7, 11) is 0. The van der Waals surface area contributed by atoms with Crippen LogP contribution in [0.5, 0.6) is 11.5 Å². The Labute approximate surface area is 198 Å². The van der Waals surface area contributed by atoms with Gasteiger partial charge in [-0.25, -0.2) is 0 Å². The fourth-order valence-electron chi connectivity index (χ4n) is 4.40. The van der Waals surface area contributed by atoms with Crippen molar-refractivity contribution in [1.82, 2.24) is 9.80 Å². The number of ether oxygens (including phenoxy) is 4. The van der Waals surface area contributed by atoms with Crippen LogP contribution in [-0.2, 0) is 15.9 Å². The molecule has 4 rings (SSSR count). The Balaban J connectivity index is 1.39. The largest absolute Gasteiger partial charge is 0.492 e. The topological polar surface area (TPSA) is 43.4 Å². The molecule has 0 bridgehead atoms. The molecule has 2 aromatic rings. The lowest BCUT2D eigenvalue weighted by Crippen LogP contribution is -2.38. The van der Waals surface area contributed by atoms with Gasteiger partial charge in [-0.3, -0.25) is 9.80 Å². The summed E-state index contributed by atoms with van der Waals surface area (Å²) in [6.07, 6.45) is 0.795. The summed E-state index contributed by atoms with van der Waals surface area (Å²) in [5, 5.41) is 0. The molecule has 2 aliphatic rings. The van der Waals surface area contributed by atoms with Crippen molar-refractivity contribution in [3.05, 3.63) is 58.7 Å². The third-order valence-electron chi connectivity index (χ3n) is 6.35. The second kappa shape index (κ2) is 12.4. The highest BCUT2D eigenvalue weighted by atomic mass is 16.5. The molecule has 0 amide bonds. The zero-order chi connectivity index (χ0) is 22.9. The lowest BCUT2D eigenvalue weighted by atomic mass is 10.00. The maximum absolute atomic E-state index is 6.26. The van der Waals surface area contributed by atoms with Crippen LogP contribution in [0.25, 0.3) is 0 Å². The van der Waals surface area contributed by atoms with Crippen LogP contribution < -0.4 is 9.47 Å². The van der Waals surface area contributed by atoms with Gasteiger partial charge >= 0.3 is 0 Å². The molecule has 6 heteroatoms. The zero-order valence-electron chi connectivity index (χ0n) is 20.2. The van der Waals surface area contributed by atoms with Gasteiger partial charge in [0.15, 0.2) is 0 Å². The fourth-order valence-corrected chi connectivity index (χ4v) is 4.40. The summed E-state index contributed by atoms with van der Waals surface area (Å²) in [6, 6.07) is 13.0. The molecule has 0 spiro atoms. The summed E-state index contributed by atoms with van der Waals surface area (Å²) >= 11 is 0. The zero-order valence-corrected chi connectivity index (χ0v) is 20.2. The lowest BCUT2D eigenvalue weighted by molar-refractivity contribution is 0.0322. The second-order valence-electron chi connectivity index (χ2n) is 9.00. The second-order valence-corrected chi connectivity index (χ2v) is 9.00. The van der Waals surface area contributed by atoms with Gasteiger partial charge in [0.25, 0.3) is 0 Å². The molecule has 180 valence electrons. The summed E-state index contributed by atoms with van der Waals surface area (Å²) in [5.41, 5.74) is 4.90. The van der Waals surface area contributed by atoms with Crippen molar-refractivity contribution in [2.75, 3.05) is 78.9 Å². The molecule has 0 aromatic heterocycles. The predicted octanol–water partition coefficient (Wildman–Crippen LogP) is 3.32.